The second-order valence-corrected chi connectivity index (χ2v) is 9.08. The van der Waals surface area contributed by atoms with Gasteiger partial charge in [-0.3, -0.25) is 14.5 Å². The number of aliphatic carboxylic acids is 1. The first kappa shape index (κ1) is 22.3. The van der Waals surface area contributed by atoms with E-state index in [1.54, 1.807) is 6.07 Å². The van der Waals surface area contributed by atoms with Crippen LogP contribution in [0.25, 0.3) is 0 Å². The van der Waals surface area contributed by atoms with Crippen molar-refractivity contribution in [3.63, 3.8) is 0 Å². The lowest BCUT2D eigenvalue weighted by Crippen LogP contribution is -2.46. The molecule has 3 atom stereocenters. The molecule has 2 heterocycles. The molecule has 0 saturated carbocycles. The topological polar surface area (TPSA) is 81.1 Å². The predicted octanol–water partition coefficient (Wildman–Crippen LogP) is 4.00. The first-order valence-electron chi connectivity index (χ1n) is 11.6. The van der Waals surface area contributed by atoms with Crippen LogP contribution in [0.3, 0.4) is 0 Å². The van der Waals surface area contributed by atoms with Crippen molar-refractivity contribution in [1.29, 1.82) is 0 Å². The largest absolute Gasteiger partial charge is 0.508 e. The van der Waals surface area contributed by atoms with E-state index >= 15 is 0 Å². The number of carbonyl (C=O) groups excluding carboxylic acids is 1. The highest BCUT2D eigenvalue weighted by molar-refractivity contribution is 5.80. The van der Waals surface area contributed by atoms with Crippen molar-refractivity contribution in [1.82, 2.24) is 9.80 Å². The predicted molar refractivity (Wildman–Crippen MR) is 122 cm³/mol. The van der Waals surface area contributed by atoms with Gasteiger partial charge in [-0.25, -0.2) is 0 Å². The lowest BCUT2D eigenvalue weighted by Gasteiger charge is -2.40. The molecule has 2 aromatic carbocycles. The van der Waals surface area contributed by atoms with Crippen molar-refractivity contribution in [2.24, 2.45) is 0 Å². The number of nitrogens with zero attached hydrogens (tertiary/aromatic N) is 2. The number of rotatable bonds is 9. The molecule has 0 radical (unpaired) electrons. The van der Waals surface area contributed by atoms with E-state index < -0.39 is 5.97 Å². The van der Waals surface area contributed by atoms with Gasteiger partial charge in [-0.05, 0) is 54.9 Å². The average Bonchev–Trinajstić information content (AvgIpc) is 3.02. The van der Waals surface area contributed by atoms with Crippen molar-refractivity contribution in [3.8, 4) is 5.75 Å². The number of benzene rings is 2. The third kappa shape index (κ3) is 5.49. The first-order valence-corrected chi connectivity index (χ1v) is 11.6. The molecule has 2 aromatic rings. The van der Waals surface area contributed by atoms with Crippen molar-refractivity contribution >= 4 is 11.9 Å². The minimum atomic E-state index is -0.940. The summed E-state index contributed by atoms with van der Waals surface area (Å²) in [4.78, 5) is 28.1. The van der Waals surface area contributed by atoms with E-state index in [0.29, 0.717) is 36.8 Å². The summed E-state index contributed by atoms with van der Waals surface area (Å²) in [6, 6.07) is 18.5. The second-order valence-electron chi connectivity index (χ2n) is 9.08. The van der Waals surface area contributed by atoms with Crippen molar-refractivity contribution < 1.29 is 19.8 Å². The molecule has 6 nitrogen and oxygen atoms in total. The highest BCUT2D eigenvalue weighted by Crippen LogP contribution is 2.43. The van der Waals surface area contributed by atoms with E-state index in [0.717, 1.165) is 24.9 Å². The normalized spacial score (nSPS) is 22.6. The molecule has 0 unspecified atom stereocenters. The van der Waals surface area contributed by atoms with Crippen molar-refractivity contribution in [2.45, 2.75) is 63.1 Å². The zero-order chi connectivity index (χ0) is 22.5. The molecule has 32 heavy (non-hydrogen) atoms. The summed E-state index contributed by atoms with van der Waals surface area (Å²) in [6.45, 7) is 1.93. The summed E-state index contributed by atoms with van der Waals surface area (Å²) in [7, 11) is 0. The summed E-state index contributed by atoms with van der Waals surface area (Å²) in [5, 5.41) is 18.8. The Bertz CT molecular complexity index is 918. The summed E-state index contributed by atoms with van der Waals surface area (Å²) >= 11 is 0. The molecular formula is C26H32N2O4. The molecule has 2 saturated heterocycles. The van der Waals surface area contributed by atoms with Gasteiger partial charge in [-0.1, -0.05) is 42.5 Å². The van der Waals surface area contributed by atoms with Gasteiger partial charge < -0.3 is 15.1 Å². The van der Waals surface area contributed by atoms with E-state index in [1.807, 2.05) is 47.4 Å². The Hall–Kier alpha value is -2.86. The summed E-state index contributed by atoms with van der Waals surface area (Å²) in [5.41, 5.74) is 2.28. The van der Waals surface area contributed by atoms with Gasteiger partial charge in [0.15, 0.2) is 0 Å². The van der Waals surface area contributed by atoms with Gasteiger partial charge in [0, 0.05) is 38.1 Å². The third-order valence-electron chi connectivity index (χ3n) is 6.98. The number of carbonyl (C=O) groups is 2. The number of carboxylic acids is 1. The summed E-state index contributed by atoms with van der Waals surface area (Å²) in [6.07, 6.45) is 4.40. The maximum atomic E-state index is 12.8. The Labute approximate surface area is 189 Å². The number of phenolic OH excluding ortho intramolecular Hbond substituents is 1. The lowest BCUT2D eigenvalue weighted by molar-refractivity contribution is -0.141. The minimum absolute atomic E-state index is 0.0363. The Morgan fingerprint density at radius 3 is 2.34 bits per heavy atom. The Morgan fingerprint density at radius 1 is 0.969 bits per heavy atom. The number of piperidine rings is 1. The Balaban J connectivity index is 1.39. The molecule has 0 aliphatic carbocycles. The van der Waals surface area contributed by atoms with E-state index in [1.165, 1.54) is 18.4 Å². The molecule has 2 fully saturated rings. The van der Waals surface area contributed by atoms with Gasteiger partial charge in [0.1, 0.15) is 5.75 Å². The first-order chi connectivity index (χ1) is 15.5. The average molecular weight is 437 g/mol. The SMILES string of the molecule is O=C(O)CCC(=O)N(CCN1[C@@H]2CC[C@H]1C[C@@H](c1cccc(O)c1)C2)Cc1ccccc1. The molecule has 6 heteroatoms. The maximum Gasteiger partial charge on any atom is 0.303 e. The second kappa shape index (κ2) is 10.2. The van der Waals surface area contributed by atoms with Gasteiger partial charge >= 0.3 is 5.97 Å². The maximum absolute atomic E-state index is 12.8. The third-order valence-corrected chi connectivity index (χ3v) is 6.98. The van der Waals surface area contributed by atoms with Gasteiger partial charge in [0.05, 0.1) is 6.42 Å². The fourth-order valence-corrected chi connectivity index (χ4v) is 5.39. The molecule has 2 aliphatic rings. The zero-order valence-electron chi connectivity index (χ0n) is 18.4. The standard InChI is InChI=1S/C26H32N2O4/c29-24-8-4-7-20(17-24)21-15-22-9-10-23(16-21)28(22)14-13-27(25(30)11-12-26(31)32)18-19-5-2-1-3-6-19/h1-8,17,21-23,29H,9-16,18H2,(H,31,32)/t21-,22+,23-. The van der Waals surface area contributed by atoms with E-state index in [-0.39, 0.29) is 18.7 Å². The highest BCUT2D eigenvalue weighted by atomic mass is 16.4. The molecular weight excluding hydrogens is 404 g/mol. The quantitative estimate of drug-likeness (QED) is 0.621. The zero-order valence-corrected chi connectivity index (χ0v) is 18.4. The fraction of sp³-hybridized carbons (Fsp3) is 0.462. The Morgan fingerprint density at radius 2 is 1.69 bits per heavy atom. The highest BCUT2D eigenvalue weighted by Gasteiger charge is 2.41. The van der Waals surface area contributed by atoms with Gasteiger partial charge in [-0.2, -0.15) is 0 Å². The number of fused-ring (bicyclic) bond motifs is 2. The molecule has 4 rings (SSSR count). The molecule has 0 spiro atoms. The van der Waals surface area contributed by atoms with Crippen LogP contribution in [0.1, 0.15) is 55.6 Å². The number of aromatic hydroxyl groups is 1. The van der Waals surface area contributed by atoms with Crippen LogP contribution in [0, 0.1) is 0 Å². The van der Waals surface area contributed by atoms with Crippen LogP contribution < -0.4 is 0 Å². The summed E-state index contributed by atoms with van der Waals surface area (Å²) in [5.74, 6) is -0.245. The molecule has 170 valence electrons. The number of hydrogen-bond donors (Lipinski definition) is 2. The smallest absolute Gasteiger partial charge is 0.303 e. The monoisotopic (exact) mass is 436 g/mol. The van der Waals surface area contributed by atoms with Crippen LogP contribution >= 0.6 is 0 Å². The number of phenols is 1. The van der Waals surface area contributed by atoms with Gasteiger partial charge in [0.2, 0.25) is 5.91 Å². The van der Waals surface area contributed by atoms with Crippen LogP contribution in [0.15, 0.2) is 54.6 Å². The van der Waals surface area contributed by atoms with Crippen LogP contribution in [-0.2, 0) is 16.1 Å². The van der Waals surface area contributed by atoms with Crippen LogP contribution in [-0.4, -0.2) is 57.1 Å². The molecule has 2 N–H and O–H groups in total. The lowest BCUT2D eigenvalue weighted by atomic mass is 9.85. The van der Waals surface area contributed by atoms with Crippen molar-refractivity contribution in [2.75, 3.05) is 13.1 Å². The summed E-state index contributed by atoms with van der Waals surface area (Å²) < 4.78 is 0. The van der Waals surface area contributed by atoms with Crippen molar-refractivity contribution in [3.05, 3.63) is 65.7 Å². The van der Waals surface area contributed by atoms with E-state index in [9.17, 15) is 14.7 Å². The molecule has 1 amide bonds. The number of carboxylic acid groups (broad SMARTS) is 1. The Kier molecular flexibility index (Phi) is 7.10. The molecule has 2 bridgehead atoms. The van der Waals surface area contributed by atoms with E-state index in [2.05, 4.69) is 11.0 Å². The fourth-order valence-electron chi connectivity index (χ4n) is 5.39. The molecule has 2 aliphatic heterocycles. The van der Waals surface area contributed by atoms with Gasteiger partial charge in [-0.15, -0.1) is 0 Å². The minimum Gasteiger partial charge on any atom is -0.508 e. The van der Waals surface area contributed by atoms with Crippen LogP contribution in [0.2, 0.25) is 0 Å². The van der Waals surface area contributed by atoms with Crippen LogP contribution in [0.4, 0.5) is 0 Å². The van der Waals surface area contributed by atoms with Gasteiger partial charge in [0.25, 0.3) is 0 Å². The van der Waals surface area contributed by atoms with E-state index in [4.69, 9.17) is 5.11 Å². The number of amides is 1. The van der Waals surface area contributed by atoms with Crippen LogP contribution in [0.5, 0.6) is 5.75 Å². The number of hydrogen-bond acceptors (Lipinski definition) is 4. The molecule has 0 aromatic heterocycles.